The van der Waals surface area contributed by atoms with E-state index in [1.807, 2.05) is 25.1 Å². The average Bonchev–Trinajstić information content (AvgIpc) is 3.34. The SMILES string of the molecule is Cc1ccc(NC(=O)CSc2nnc(-c3ccc(-c4ccccc4)cc3)n2C2CCCCC2)c(C)c1. The molecule has 0 aliphatic heterocycles. The number of hydrogen-bond acceptors (Lipinski definition) is 4. The first-order valence-electron chi connectivity index (χ1n) is 12.7. The summed E-state index contributed by atoms with van der Waals surface area (Å²) in [6, 6.07) is 25.4. The van der Waals surface area contributed by atoms with E-state index in [2.05, 4.69) is 81.6 Å². The van der Waals surface area contributed by atoms with Gasteiger partial charge in [-0.05, 0) is 49.4 Å². The average molecular weight is 497 g/mol. The second-order valence-corrected chi connectivity index (χ2v) is 10.5. The predicted octanol–water partition coefficient (Wildman–Crippen LogP) is 7.46. The number of aryl methyl sites for hydroxylation is 2. The standard InChI is InChI=1S/C30H32N4OS/c1-21-13-18-27(22(2)19-21)31-28(35)20-36-30-33-32-29(34(30)26-11-7-4-8-12-26)25-16-14-24(15-17-25)23-9-5-3-6-10-23/h3,5-6,9-10,13-19,26H,4,7-8,11-12,20H2,1-2H3,(H,31,35). The van der Waals surface area contributed by atoms with E-state index in [0.29, 0.717) is 11.8 Å². The van der Waals surface area contributed by atoms with Crippen molar-refractivity contribution in [1.82, 2.24) is 14.8 Å². The largest absolute Gasteiger partial charge is 0.325 e. The van der Waals surface area contributed by atoms with Gasteiger partial charge in [0.1, 0.15) is 0 Å². The van der Waals surface area contributed by atoms with Crippen LogP contribution in [0.1, 0.15) is 49.3 Å². The molecule has 4 aromatic rings. The Morgan fingerprint density at radius 1 is 0.889 bits per heavy atom. The van der Waals surface area contributed by atoms with Gasteiger partial charge in [0.2, 0.25) is 5.91 Å². The summed E-state index contributed by atoms with van der Waals surface area (Å²) in [5, 5.41) is 13.0. The number of hydrogen-bond donors (Lipinski definition) is 1. The van der Waals surface area contributed by atoms with Crippen molar-refractivity contribution < 1.29 is 4.79 Å². The molecule has 1 aliphatic carbocycles. The maximum atomic E-state index is 12.8. The highest BCUT2D eigenvalue weighted by molar-refractivity contribution is 7.99. The monoisotopic (exact) mass is 496 g/mol. The zero-order chi connectivity index (χ0) is 24.9. The lowest BCUT2D eigenvalue weighted by Gasteiger charge is -2.25. The fourth-order valence-electron chi connectivity index (χ4n) is 4.95. The predicted molar refractivity (Wildman–Crippen MR) is 148 cm³/mol. The van der Waals surface area contributed by atoms with Crippen LogP contribution in [0.5, 0.6) is 0 Å². The summed E-state index contributed by atoms with van der Waals surface area (Å²) in [6.45, 7) is 4.07. The van der Waals surface area contributed by atoms with Gasteiger partial charge in [-0.2, -0.15) is 0 Å². The molecule has 6 heteroatoms. The summed E-state index contributed by atoms with van der Waals surface area (Å²) >= 11 is 1.47. The van der Waals surface area contributed by atoms with Crippen molar-refractivity contribution in [3.63, 3.8) is 0 Å². The van der Waals surface area contributed by atoms with E-state index in [0.717, 1.165) is 40.6 Å². The highest BCUT2D eigenvalue weighted by Gasteiger charge is 2.24. The smallest absolute Gasteiger partial charge is 0.234 e. The van der Waals surface area contributed by atoms with E-state index in [1.165, 1.54) is 47.7 Å². The number of benzene rings is 3. The Labute approximate surface area is 217 Å². The Bertz CT molecular complexity index is 1330. The number of nitrogens with one attached hydrogen (secondary N) is 1. The molecule has 1 amide bonds. The Morgan fingerprint density at radius 2 is 1.58 bits per heavy atom. The lowest BCUT2D eigenvalue weighted by Crippen LogP contribution is -2.17. The second-order valence-electron chi connectivity index (χ2n) is 9.57. The Balaban J connectivity index is 1.36. The molecular formula is C30H32N4OS. The van der Waals surface area contributed by atoms with Crippen molar-refractivity contribution in [3.05, 3.63) is 83.9 Å². The molecular weight excluding hydrogens is 464 g/mol. The number of rotatable bonds is 7. The highest BCUT2D eigenvalue weighted by Crippen LogP contribution is 2.36. The summed E-state index contributed by atoms with van der Waals surface area (Å²) in [4.78, 5) is 12.8. The number of thioether (sulfide) groups is 1. The molecule has 0 bridgehead atoms. The van der Waals surface area contributed by atoms with Crippen LogP contribution in [0, 0.1) is 13.8 Å². The molecule has 0 unspecified atom stereocenters. The van der Waals surface area contributed by atoms with Gasteiger partial charge >= 0.3 is 0 Å². The van der Waals surface area contributed by atoms with Crippen molar-refractivity contribution in [1.29, 1.82) is 0 Å². The number of aromatic nitrogens is 3. The minimum atomic E-state index is -0.0288. The van der Waals surface area contributed by atoms with Crippen LogP contribution >= 0.6 is 11.8 Å². The number of anilines is 1. The third kappa shape index (κ3) is 5.54. The van der Waals surface area contributed by atoms with E-state index >= 15 is 0 Å². The van der Waals surface area contributed by atoms with Gasteiger partial charge in [0.15, 0.2) is 11.0 Å². The maximum absolute atomic E-state index is 12.8. The molecule has 0 saturated heterocycles. The summed E-state index contributed by atoms with van der Waals surface area (Å²) in [5.41, 5.74) is 6.55. The number of carbonyl (C=O) groups is 1. The second kappa shape index (κ2) is 11.1. The molecule has 1 saturated carbocycles. The zero-order valence-electron chi connectivity index (χ0n) is 20.9. The molecule has 5 nitrogen and oxygen atoms in total. The fraction of sp³-hybridized carbons (Fsp3) is 0.300. The zero-order valence-corrected chi connectivity index (χ0v) is 21.7. The first-order valence-corrected chi connectivity index (χ1v) is 13.7. The van der Waals surface area contributed by atoms with Crippen molar-refractivity contribution in [3.8, 4) is 22.5 Å². The molecule has 0 spiro atoms. The molecule has 5 rings (SSSR count). The Morgan fingerprint density at radius 3 is 2.31 bits per heavy atom. The maximum Gasteiger partial charge on any atom is 0.234 e. The van der Waals surface area contributed by atoms with Gasteiger partial charge in [0.05, 0.1) is 5.75 Å². The quantitative estimate of drug-likeness (QED) is 0.270. The van der Waals surface area contributed by atoms with Gasteiger partial charge in [0.25, 0.3) is 0 Å². The van der Waals surface area contributed by atoms with Crippen molar-refractivity contribution >= 4 is 23.4 Å². The van der Waals surface area contributed by atoms with Crippen LogP contribution < -0.4 is 5.32 Å². The minimum Gasteiger partial charge on any atom is -0.325 e. The molecule has 36 heavy (non-hydrogen) atoms. The van der Waals surface area contributed by atoms with Crippen LogP contribution in [0.15, 0.2) is 78.0 Å². The van der Waals surface area contributed by atoms with Gasteiger partial charge < -0.3 is 5.32 Å². The fourth-order valence-corrected chi connectivity index (χ4v) is 5.76. The van der Waals surface area contributed by atoms with Gasteiger partial charge in [0, 0.05) is 17.3 Å². The summed E-state index contributed by atoms with van der Waals surface area (Å²) in [6.07, 6.45) is 5.95. The molecule has 1 fully saturated rings. The minimum absolute atomic E-state index is 0.0288. The van der Waals surface area contributed by atoms with Gasteiger partial charge in [-0.3, -0.25) is 9.36 Å². The van der Waals surface area contributed by atoms with Gasteiger partial charge in [-0.25, -0.2) is 0 Å². The van der Waals surface area contributed by atoms with Crippen LogP contribution in [0.2, 0.25) is 0 Å². The first-order chi connectivity index (χ1) is 17.6. The normalized spacial score (nSPS) is 14.1. The van der Waals surface area contributed by atoms with Crippen LogP contribution in [0.25, 0.3) is 22.5 Å². The molecule has 1 N–H and O–H groups in total. The molecule has 0 radical (unpaired) electrons. The van der Waals surface area contributed by atoms with E-state index in [-0.39, 0.29) is 5.91 Å². The molecule has 184 valence electrons. The molecule has 3 aromatic carbocycles. The van der Waals surface area contributed by atoms with Crippen molar-refractivity contribution in [2.24, 2.45) is 0 Å². The molecule has 1 aromatic heterocycles. The lowest BCUT2D eigenvalue weighted by atomic mass is 9.95. The van der Waals surface area contributed by atoms with Crippen molar-refractivity contribution in [2.75, 3.05) is 11.1 Å². The van der Waals surface area contributed by atoms with Crippen molar-refractivity contribution in [2.45, 2.75) is 57.1 Å². The van der Waals surface area contributed by atoms with Crippen LogP contribution in [0.3, 0.4) is 0 Å². The summed E-state index contributed by atoms with van der Waals surface area (Å²) in [5.74, 6) is 1.16. The highest BCUT2D eigenvalue weighted by atomic mass is 32.2. The Hall–Kier alpha value is -3.38. The van der Waals surface area contributed by atoms with Crippen LogP contribution in [0.4, 0.5) is 5.69 Å². The molecule has 1 aliphatic rings. The van der Waals surface area contributed by atoms with E-state index in [1.54, 1.807) is 0 Å². The van der Waals surface area contributed by atoms with E-state index < -0.39 is 0 Å². The lowest BCUT2D eigenvalue weighted by molar-refractivity contribution is -0.113. The van der Waals surface area contributed by atoms with Gasteiger partial charge in [-0.1, -0.05) is 103 Å². The van der Waals surface area contributed by atoms with Gasteiger partial charge in [-0.15, -0.1) is 10.2 Å². The number of amides is 1. The summed E-state index contributed by atoms with van der Waals surface area (Å²) < 4.78 is 2.28. The first kappa shape index (κ1) is 24.3. The molecule has 0 atom stereocenters. The third-order valence-electron chi connectivity index (χ3n) is 6.84. The van der Waals surface area contributed by atoms with Crippen LogP contribution in [-0.4, -0.2) is 26.4 Å². The summed E-state index contributed by atoms with van der Waals surface area (Å²) in [7, 11) is 0. The third-order valence-corrected chi connectivity index (χ3v) is 7.79. The van der Waals surface area contributed by atoms with E-state index in [9.17, 15) is 4.79 Å². The van der Waals surface area contributed by atoms with E-state index in [4.69, 9.17) is 0 Å². The number of carbonyl (C=O) groups excluding carboxylic acids is 1. The molecule has 1 heterocycles. The Kier molecular flexibility index (Phi) is 7.52. The van der Waals surface area contributed by atoms with Crippen LogP contribution in [-0.2, 0) is 4.79 Å². The topological polar surface area (TPSA) is 59.8 Å². The number of nitrogens with zero attached hydrogens (tertiary/aromatic N) is 3.